The van der Waals surface area contributed by atoms with Gasteiger partial charge in [-0.2, -0.15) is 0 Å². The number of fused-ring (bicyclic) bond motifs is 3. The predicted molar refractivity (Wildman–Crippen MR) is 72.1 cm³/mol. The molecule has 0 aliphatic carbocycles. The number of hydrogen-bond acceptors (Lipinski definition) is 1. The molecule has 3 heterocycles. The van der Waals surface area contributed by atoms with Crippen LogP contribution in [-0.2, 0) is 4.79 Å². The molecule has 3 aliphatic heterocycles. The Morgan fingerprint density at radius 2 is 1.89 bits per heavy atom. The van der Waals surface area contributed by atoms with Gasteiger partial charge in [0.2, 0.25) is 0 Å². The van der Waals surface area contributed by atoms with Gasteiger partial charge in [0.05, 0.1) is 20.1 Å². The van der Waals surface area contributed by atoms with Gasteiger partial charge < -0.3 is 9.80 Å². The summed E-state index contributed by atoms with van der Waals surface area (Å²) in [5.41, 5.74) is 0.914. The minimum Gasteiger partial charge on any atom is -0.321 e. The van der Waals surface area contributed by atoms with Crippen molar-refractivity contribution in [2.45, 2.75) is 25.3 Å². The number of anilines is 1. The number of amides is 1. The lowest BCUT2D eigenvalue weighted by Gasteiger charge is -2.51. The van der Waals surface area contributed by atoms with Crippen molar-refractivity contribution in [1.29, 1.82) is 0 Å². The zero-order chi connectivity index (χ0) is 12.6. The summed E-state index contributed by atoms with van der Waals surface area (Å²) in [6, 6.07) is 9.94. The van der Waals surface area contributed by atoms with Crippen molar-refractivity contribution >= 4 is 11.6 Å². The molecule has 3 aliphatic rings. The lowest BCUT2D eigenvalue weighted by molar-refractivity contribution is -0.939. The summed E-state index contributed by atoms with van der Waals surface area (Å²) in [6.45, 7) is 2.33. The molecule has 4 rings (SSSR count). The van der Waals surface area contributed by atoms with Crippen molar-refractivity contribution in [3.63, 3.8) is 0 Å². The third kappa shape index (κ3) is 2.03. The van der Waals surface area contributed by atoms with Crippen LogP contribution in [0.2, 0.25) is 0 Å². The molecule has 0 aromatic heterocycles. The summed E-state index contributed by atoms with van der Waals surface area (Å²) < 4.78 is 0.940. The number of nitrogens with one attached hydrogen (secondary N) is 1. The maximum absolute atomic E-state index is 12.4. The number of piperidine rings is 3. The molecule has 18 heavy (non-hydrogen) atoms. The van der Waals surface area contributed by atoms with E-state index in [0.29, 0.717) is 0 Å². The average Bonchev–Trinajstić information content (AvgIpc) is 2.40. The second-order valence-corrected chi connectivity index (χ2v) is 5.98. The predicted octanol–water partition coefficient (Wildman–Crippen LogP) is 2.25. The van der Waals surface area contributed by atoms with Gasteiger partial charge in [-0.05, 0) is 30.9 Å². The molecule has 1 N–H and O–H groups in total. The molecular formula is C15H21N2O+. The van der Waals surface area contributed by atoms with Gasteiger partial charge in [0.25, 0.3) is 5.91 Å². The molecule has 3 saturated heterocycles. The van der Waals surface area contributed by atoms with Gasteiger partial charge in [0.1, 0.15) is 0 Å². The number of hydrogen-bond donors (Lipinski definition) is 1. The van der Waals surface area contributed by atoms with Crippen LogP contribution in [0.3, 0.4) is 0 Å². The van der Waals surface area contributed by atoms with E-state index >= 15 is 0 Å². The number of para-hydroxylation sites is 1. The van der Waals surface area contributed by atoms with Crippen LogP contribution in [0.1, 0.15) is 19.3 Å². The Bertz CT molecular complexity index is 435. The van der Waals surface area contributed by atoms with Gasteiger partial charge in [-0.1, -0.05) is 18.2 Å². The van der Waals surface area contributed by atoms with Crippen LogP contribution in [0, 0.1) is 5.92 Å². The summed E-state index contributed by atoms with van der Waals surface area (Å²) in [6.07, 6.45) is 3.66. The van der Waals surface area contributed by atoms with Gasteiger partial charge in [0.15, 0.2) is 6.04 Å². The molecule has 1 aromatic carbocycles. The van der Waals surface area contributed by atoms with Gasteiger partial charge in [0, 0.05) is 12.1 Å². The second-order valence-electron chi connectivity index (χ2n) is 5.98. The monoisotopic (exact) mass is 245 g/mol. The minimum absolute atomic E-state index is 0.151. The smallest absolute Gasteiger partial charge is 0.282 e. The lowest BCUT2D eigenvalue weighted by Crippen LogP contribution is -2.65. The van der Waals surface area contributed by atoms with Crippen molar-refractivity contribution in [3.8, 4) is 0 Å². The fourth-order valence-electron chi connectivity index (χ4n) is 3.47. The van der Waals surface area contributed by atoms with Crippen LogP contribution in [-0.4, -0.2) is 36.6 Å². The van der Waals surface area contributed by atoms with Crippen LogP contribution < -0.4 is 5.32 Å². The van der Waals surface area contributed by atoms with E-state index in [1.165, 1.54) is 12.8 Å². The Morgan fingerprint density at radius 1 is 1.22 bits per heavy atom. The van der Waals surface area contributed by atoms with Gasteiger partial charge >= 0.3 is 0 Å². The second kappa shape index (κ2) is 4.39. The quantitative estimate of drug-likeness (QED) is 0.796. The normalized spacial score (nSPS) is 34.3. The van der Waals surface area contributed by atoms with E-state index in [4.69, 9.17) is 0 Å². The van der Waals surface area contributed by atoms with Crippen LogP contribution in [0.4, 0.5) is 5.69 Å². The molecule has 1 atom stereocenters. The molecule has 0 radical (unpaired) electrons. The summed E-state index contributed by atoms with van der Waals surface area (Å²) in [5, 5.41) is 3.07. The van der Waals surface area contributed by atoms with Crippen molar-refractivity contribution in [2.75, 3.05) is 25.5 Å². The van der Waals surface area contributed by atoms with Crippen molar-refractivity contribution < 1.29 is 9.28 Å². The Hall–Kier alpha value is -1.35. The summed E-state index contributed by atoms with van der Waals surface area (Å²) in [7, 11) is 2.24. The minimum atomic E-state index is 0.151. The van der Waals surface area contributed by atoms with E-state index in [-0.39, 0.29) is 11.9 Å². The molecule has 0 spiro atoms. The maximum Gasteiger partial charge on any atom is 0.282 e. The molecule has 1 unspecified atom stereocenters. The Balaban J connectivity index is 1.73. The molecule has 2 bridgehead atoms. The number of rotatable bonds is 2. The van der Waals surface area contributed by atoms with E-state index in [0.717, 1.165) is 35.6 Å². The molecule has 1 aromatic rings. The molecular weight excluding hydrogens is 224 g/mol. The van der Waals surface area contributed by atoms with Crippen LogP contribution in [0.15, 0.2) is 30.3 Å². The highest BCUT2D eigenvalue weighted by Crippen LogP contribution is 2.37. The highest BCUT2D eigenvalue weighted by Gasteiger charge is 2.47. The van der Waals surface area contributed by atoms with Crippen LogP contribution >= 0.6 is 0 Å². The highest BCUT2D eigenvalue weighted by atomic mass is 16.2. The number of benzene rings is 1. The van der Waals surface area contributed by atoms with Crippen molar-refractivity contribution in [3.05, 3.63) is 30.3 Å². The fourth-order valence-corrected chi connectivity index (χ4v) is 3.47. The standard InChI is InChI=1S/C15H20N2O/c1-17-9-7-12(8-10-17)11-14(17)15(18)16-13-5-3-2-4-6-13/h2-6,12,14H,7-11H2,1H3/p+1. The molecule has 3 heteroatoms. The van der Waals surface area contributed by atoms with E-state index < -0.39 is 0 Å². The SMILES string of the molecule is C[N+]12CCC(CC1)CC2C(=O)Nc1ccccc1. The number of carbonyl (C=O) groups excluding carboxylic acids is 1. The fraction of sp³-hybridized carbons (Fsp3) is 0.533. The third-order valence-corrected chi connectivity index (χ3v) is 4.75. The molecule has 3 fully saturated rings. The molecule has 96 valence electrons. The topological polar surface area (TPSA) is 29.1 Å². The van der Waals surface area contributed by atoms with Crippen molar-refractivity contribution in [1.82, 2.24) is 0 Å². The largest absolute Gasteiger partial charge is 0.321 e. The van der Waals surface area contributed by atoms with E-state index in [1.807, 2.05) is 30.3 Å². The van der Waals surface area contributed by atoms with Crippen LogP contribution in [0.25, 0.3) is 0 Å². The number of likely N-dealkylation sites (N-methyl/N-ethyl adjacent to an activating group) is 1. The molecule has 0 saturated carbocycles. The summed E-state index contributed by atoms with van der Waals surface area (Å²) >= 11 is 0. The number of quaternary nitrogens is 1. The zero-order valence-corrected chi connectivity index (χ0v) is 10.9. The molecule has 3 nitrogen and oxygen atoms in total. The Labute approximate surface area is 108 Å². The highest BCUT2D eigenvalue weighted by molar-refractivity contribution is 5.94. The summed E-state index contributed by atoms with van der Waals surface area (Å²) in [4.78, 5) is 12.4. The third-order valence-electron chi connectivity index (χ3n) is 4.75. The average molecular weight is 245 g/mol. The lowest BCUT2D eigenvalue weighted by atomic mass is 9.81. The number of carbonyl (C=O) groups is 1. The first kappa shape index (κ1) is 11.7. The van der Waals surface area contributed by atoms with Crippen molar-refractivity contribution in [2.24, 2.45) is 5.92 Å². The zero-order valence-electron chi connectivity index (χ0n) is 10.9. The first-order valence-electron chi connectivity index (χ1n) is 6.87. The molecule has 1 amide bonds. The Morgan fingerprint density at radius 3 is 2.50 bits per heavy atom. The van der Waals surface area contributed by atoms with E-state index in [1.54, 1.807) is 0 Å². The van der Waals surface area contributed by atoms with Gasteiger partial charge in [-0.25, -0.2) is 0 Å². The van der Waals surface area contributed by atoms with E-state index in [2.05, 4.69) is 12.4 Å². The van der Waals surface area contributed by atoms with E-state index in [9.17, 15) is 4.79 Å². The first-order chi connectivity index (χ1) is 8.67. The van der Waals surface area contributed by atoms with Gasteiger partial charge in [-0.3, -0.25) is 4.79 Å². The maximum atomic E-state index is 12.4. The van der Waals surface area contributed by atoms with Crippen LogP contribution in [0.5, 0.6) is 0 Å². The van der Waals surface area contributed by atoms with Gasteiger partial charge in [-0.15, -0.1) is 0 Å². The number of nitrogens with zero attached hydrogens (tertiary/aromatic N) is 1. The first-order valence-corrected chi connectivity index (χ1v) is 6.87. The summed E-state index contributed by atoms with van der Waals surface area (Å²) in [5.74, 6) is 0.976. The Kier molecular flexibility index (Phi) is 2.86.